The Bertz CT molecular complexity index is 912. The van der Waals surface area contributed by atoms with Gasteiger partial charge in [-0.25, -0.2) is 4.39 Å². The van der Waals surface area contributed by atoms with E-state index in [1.807, 2.05) is 31.2 Å². The quantitative estimate of drug-likeness (QED) is 0.712. The van der Waals surface area contributed by atoms with Crippen LogP contribution in [0, 0.1) is 5.82 Å². The maximum atomic E-state index is 13.1. The topological polar surface area (TPSA) is 69.7 Å². The highest BCUT2D eigenvalue weighted by atomic mass is 19.1. The van der Waals surface area contributed by atoms with Crippen LogP contribution in [0.3, 0.4) is 0 Å². The lowest BCUT2D eigenvalue weighted by Gasteiger charge is -2.37. The molecule has 0 radical (unpaired) electrons. The summed E-state index contributed by atoms with van der Waals surface area (Å²) in [7, 11) is 0. The molecule has 7 heteroatoms. The van der Waals surface area contributed by atoms with Gasteiger partial charge in [-0.1, -0.05) is 38.1 Å². The molecule has 0 aromatic heterocycles. The molecular formula is C23H26FN3O3. The zero-order chi connectivity index (χ0) is 21.7. The molecule has 0 unspecified atom stereocenters. The second-order valence-corrected chi connectivity index (χ2v) is 7.32. The van der Waals surface area contributed by atoms with Gasteiger partial charge >= 0.3 is 11.8 Å². The second kappa shape index (κ2) is 9.52. The number of amides is 3. The van der Waals surface area contributed by atoms with Crippen molar-refractivity contribution in [2.45, 2.75) is 39.3 Å². The van der Waals surface area contributed by atoms with Gasteiger partial charge in [-0.15, -0.1) is 0 Å². The molecule has 1 N–H and O–H groups in total. The van der Waals surface area contributed by atoms with Crippen LogP contribution in [-0.4, -0.2) is 46.7 Å². The van der Waals surface area contributed by atoms with Gasteiger partial charge in [0.25, 0.3) is 0 Å². The van der Waals surface area contributed by atoms with Gasteiger partial charge in [0.1, 0.15) is 11.9 Å². The predicted octanol–water partition coefficient (Wildman–Crippen LogP) is 2.98. The Balaban J connectivity index is 1.65. The van der Waals surface area contributed by atoms with Crippen LogP contribution >= 0.6 is 0 Å². The normalized spacial score (nSPS) is 15.3. The molecule has 1 aliphatic rings. The Kier molecular flexibility index (Phi) is 6.82. The van der Waals surface area contributed by atoms with E-state index in [0.29, 0.717) is 18.7 Å². The van der Waals surface area contributed by atoms with Crippen molar-refractivity contribution in [3.63, 3.8) is 0 Å². The Hall–Kier alpha value is -3.22. The van der Waals surface area contributed by atoms with Gasteiger partial charge in [0.2, 0.25) is 5.91 Å². The van der Waals surface area contributed by atoms with Crippen molar-refractivity contribution in [2.75, 3.05) is 18.4 Å². The van der Waals surface area contributed by atoms with Gasteiger partial charge in [-0.05, 0) is 48.2 Å². The Labute approximate surface area is 175 Å². The first-order chi connectivity index (χ1) is 14.4. The number of nitrogens with one attached hydrogen (secondary N) is 1. The van der Waals surface area contributed by atoms with E-state index in [4.69, 9.17) is 0 Å². The third-order valence-corrected chi connectivity index (χ3v) is 5.32. The van der Waals surface area contributed by atoms with Crippen molar-refractivity contribution in [3.8, 4) is 0 Å². The molecule has 0 saturated carbocycles. The van der Waals surface area contributed by atoms with E-state index in [1.54, 1.807) is 12.1 Å². The van der Waals surface area contributed by atoms with Crippen LogP contribution < -0.4 is 5.32 Å². The van der Waals surface area contributed by atoms with E-state index in [1.165, 1.54) is 21.9 Å². The average molecular weight is 411 g/mol. The maximum Gasteiger partial charge on any atom is 0.312 e. The van der Waals surface area contributed by atoms with Crippen molar-refractivity contribution in [1.29, 1.82) is 0 Å². The summed E-state index contributed by atoms with van der Waals surface area (Å²) < 4.78 is 13.1. The number of carbonyl (C=O) groups excluding carboxylic acids is 3. The minimum atomic E-state index is -0.722. The summed E-state index contributed by atoms with van der Waals surface area (Å²) in [6, 6.07) is 12.6. The minimum absolute atomic E-state index is 0.228. The monoisotopic (exact) mass is 411 g/mol. The molecule has 2 aromatic carbocycles. The number of nitrogens with zero attached hydrogens (tertiary/aromatic N) is 2. The van der Waals surface area contributed by atoms with Crippen molar-refractivity contribution in [3.05, 3.63) is 65.5 Å². The van der Waals surface area contributed by atoms with Crippen LogP contribution in [0.25, 0.3) is 0 Å². The molecule has 1 saturated heterocycles. The first kappa shape index (κ1) is 21.5. The molecule has 30 heavy (non-hydrogen) atoms. The number of piperazine rings is 1. The van der Waals surface area contributed by atoms with Crippen molar-refractivity contribution < 1.29 is 18.8 Å². The molecule has 1 atom stereocenters. The lowest BCUT2D eigenvalue weighted by atomic mass is 10.1. The standard InChI is InChI=1S/C23H26FN3O3/c1-3-16-7-11-19(12-8-16)25-21(28)20(4-2)27-14-13-26(22(29)23(27)30)15-17-5-9-18(24)10-6-17/h5-12,20H,3-4,13-15H2,1-2H3,(H,25,28)/t20-/m0/s1. The first-order valence-electron chi connectivity index (χ1n) is 10.2. The lowest BCUT2D eigenvalue weighted by molar-refractivity contribution is -0.159. The Morgan fingerprint density at radius 1 is 0.967 bits per heavy atom. The molecule has 0 bridgehead atoms. The highest BCUT2D eigenvalue weighted by Crippen LogP contribution is 2.17. The smallest absolute Gasteiger partial charge is 0.312 e. The van der Waals surface area contributed by atoms with Crippen LogP contribution in [0.1, 0.15) is 31.4 Å². The zero-order valence-corrected chi connectivity index (χ0v) is 17.2. The van der Waals surface area contributed by atoms with Gasteiger partial charge in [-0.3, -0.25) is 14.4 Å². The van der Waals surface area contributed by atoms with Crippen LogP contribution in [0.15, 0.2) is 48.5 Å². The average Bonchev–Trinajstić information content (AvgIpc) is 2.75. The molecule has 0 aliphatic carbocycles. The zero-order valence-electron chi connectivity index (χ0n) is 17.2. The molecule has 158 valence electrons. The Morgan fingerprint density at radius 3 is 2.20 bits per heavy atom. The van der Waals surface area contributed by atoms with Crippen LogP contribution in [0.2, 0.25) is 0 Å². The SMILES string of the molecule is CCc1ccc(NC(=O)[C@H](CC)N2CCN(Cc3ccc(F)cc3)C(=O)C2=O)cc1. The summed E-state index contributed by atoms with van der Waals surface area (Å²) in [4.78, 5) is 40.9. The minimum Gasteiger partial charge on any atom is -0.328 e. The number of benzene rings is 2. The fourth-order valence-electron chi connectivity index (χ4n) is 3.54. The maximum absolute atomic E-state index is 13.1. The molecule has 1 heterocycles. The van der Waals surface area contributed by atoms with Crippen LogP contribution in [-0.2, 0) is 27.3 Å². The van der Waals surface area contributed by atoms with Gasteiger partial charge in [-0.2, -0.15) is 0 Å². The summed E-state index contributed by atoms with van der Waals surface area (Å²) in [6.45, 7) is 4.68. The predicted molar refractivity (Wildman–Crippen MR) is 112 cm³/mol. The summed E-state index contributed by atoms with van der Waals surface area (Å²) in [5, 5.41) is 2.84. The number of halogens is 1. The number of hydrogen-bond acceptors (Lipinski definition) is 3. The molecule has 1 fully saturated rings. The van der Waals surface area contributed by atoms with Crippen molar-refractivity contribution in [1.82, 2.24) is 9.80 Å². The highest BCUT2D eigenvalue weighted by molar-refractivity contribution is 6.35. The molecule has 2 aromatic rings. The molecule has 6 nitrogen and oxygen atoms in total. The van der Waals surface area contributed by atoms with Gasteiger partial charge in [0.05, 0.1) is 0 Å². The van der Waals surface area contributed by atoms with E-state index in [-0.39, 0.29) is 24.8 Å². The van der Waals surface area contributed by atoms with E-state index in [0.717, 1.165) is 17.5 Å². The van der Waals surface area contributed by atoms with E-state index in [2.05, 4.69) is 12.2 Å². The second-order valence-electron chi connectivity index (χ2n) is 7.32. The molecule has 3 rings (SSSR count). The van der Waals surface area contributed by atoms with Crippen LogP contribution in [0.4, 0.5) is 10.1 Å². The summed E-state index contributed by atoms with van der Waals surface area (Å²) >= 11 is 0. The van der Waals surface area contributed by atoms with E-state index in [9.17, 15) is 18.8 Å². The summed E-state index contributed by atoms with van der Waals surface area (Å²) in [5.74, 6) is -2.00. The number of rotatable bonds is 7. The third kappa shape index (κ3) is 4.84. The fraction of sp³-hybridized carbons (Fsp3) is 0.348. The largest absolute Gasteiger partial charge is 0.328 e. The number of aryl methyl sites for hydroxylation is 1. The molecular weight excluding hydrogens is 385 g/mol. The highest BCUT2D eigenvalue weighted by Gasteiger charge is 2.38. The van der Waals surface area contributed by atoms with Gasteiger partial charge in [0, 0.05) is 25.3 Å². The number of anilines is 1. The van der Waals surface area contributed by atoms with Crippen LogP contribution in [0.5, 0.6) is 0 Å². The van der Waals surface area contributed by atoms with Crippen molar-refractivity contribution >= 4 is 23.4 Å². The third-order valence-electron chi connectivity index (χ3n) is 5.32. The number of hydrogen-bond donors (Lipinski definition) is 1. The first-order valence-corrected chi connectivity index (χ1v) is 10.2. The fourth-order valence-corrected chi connectivity index (χ4v) is 3.54. The Morgan fingerprint density at radius 2 is 1.60 bits per heavy atom. The molecule has 1 aliphatic heterocycles. The van der Waals surface area contributed by atoms with Gasteiger partial charge < -0.3 is 15.1 Å². The van der Waals surface area contributed by atoms with Crippen molar-refractivity contribution in [2.24, 2.45) is 0 Å². The molecule has 3 amide bonds. The number of carbonyl (C=O) groups is 3. The van der Waals surface area contributed by atoms with Gasteiger partial charge in [0.15, 0.2) is 0 Å². The van der Waals surface area contributed by atoms with E-state index >= 15 is 0 Å². The molecule has 0 spiro atoms. The van der Waals surface area contributed by atoms with E-state index < -0.39 is 17.9 Å². The lowest BCUT2D eigenvalue weighted by Crippen LogP contribution is -2.59. The summed E-state index contributed by atoms with van der Waals surface area (Å²) in [5.41, 5.74) is 2.56. The summed E-state index contributed by atoms with van der Waals surface area (Å²) in [6.07, 6.45) is 1.31.